The van der Waals surface area contributed by atoms with Gasteiger partial charge in [-0.05, 0) is 12.1 Å². The summed E-state index contributed by atoms with van der Waals surface area (Å²) >= 11 is 11.9. The van der Waals surface area contributed by atoms with Crippen LogP contribution >= 0.6 is 23.2 Å². The van der Waals surface area contributed by atoms with E-state index in [0.29, 0.717) is 12.1 Å². The smallest absolute Gasteiger partial charge is 0.306 e. The first kappa shape index (κ1) is 17.4. The zero-order valence-electron chi connectivity index (χ0n) is 11.4. The van der Waals surface area contributed by atoms with Gasteiger partial charge < -0.3 is 5.32 Å². The summed E-state index contributed by atoms with van der Waals surface area (Å²) in [4.78, 5) is 30.3. The molecule has 0 unspecified atom stereocenters. The van der Waals surface area contributed by atoms with Gasteiger partial charge in [-0.2, -0.15) is 0 Å². The molecule has 2 aromatic carbocycles. The van der Waals surface area contributed by atoms with Crippen molar-refractivity contribution in [3.8, 4) is 0 Å². The molecule has 124 valence electrons. The number of benzene rings is 2. The molecule has 2 rings (SSSR count). The van der Waals surface area contributed by atoms with E-state index < -0.39 is 37.5 Å². The van der Waals surface area contributed by atoms with Crippen LogP contribution in [0.15, 0.2) is 30.3 Å². The van der Waals surface area contributed by atoms with E-state index in [2.05, 4.69) is 5.32 Å². The summed E-state index contributed by atoms with van der Waals surface area (Å²) in [7, 11) is 0. The molecule has 0 saturated carbocycles. The van der Waals surface area contributed by atoms with Crippen molar-refractivity contribution in [3.63, 3.8) is 0 Å². The first-order valence-electron chi connectivity index (χ1n) is 6.04. The molecule has 12 heteroatoms. The maximum absolute atomic E-state index is 11.2. The number of hydrogen-bond donors (Lipinski definition) is 1. The van der Waals surface area contributed by atoms with Crippen molar-refractivity contribution < 1.29 is 14.8 Å². The summed E-state index contributed by atoms with van der Waals surface area (Å²) in [6.07, 6.45) is 0. The van der Waals surface area contributed by atoms with Crippen molar-refractivity contribution >= 4 is 51.6 Å². The van der Waals surface area contributed by atoms with Gasteiger partial charge >= 0.3 is 11.4 Å². The van der Waals surface area contributed by atoms with Crippen molar-refractivity contribution in [1.82, 2.24) is 0 Å². The fourth-order valence-electron chi connectivity index (χ4n) is 1.86. The zero-order chi connectivity index (χ0) is 18.0. The molecule has 2 aromatic rings. The zero-order valence-corrected chi connectivity index (χ0v) is 12.9. The molecule has 0 aliphatic heterocycles. The topological polar surface area (TPSA) is 141 Å². The van der Waals surface area contributed by atoms with Crippen LogP contribution < -0.4 is 5.32 Å². The maximum atomic E-state index is 11.2. The number of nitrogens with zero attached hydrogens (tertiary/aromatic N) is 3. The van der Waals surface area contributed by atoms with E-state index in [1.165, 1.54) is 18.2 Å². The molecule has 1 N–H and O–H groups in total. The summed E-state index contributed by atoms with van der Waals surface area (Å²) in [6, 6.07) is 5.56. The minimum Gasteiger partial charge on any atom is -0.342 e. The molecule has 0 radical (unpaired) electrons. The van der Waals surface area contributed by atoms with E-state index in [-0.39, 0.29) is 15.7 Å². The van der Waals surface area contributed by atoms with Gasteiger partial charge in [0.1, 0.15) is 0 Å². The fourth-order valence-corrected chi connectivity index (χ4v) is 2.35. The van der Waals surface area contributed by atoms with Crippen LogP contribution in [-0.4, -0.2) is 14.8 Å². The molecule has 0 atom stereocenters. The largest absolute Gasteiger partial charge is 0.342 e. The molecule has 0 amide bonds. The van der Waals surface area contributed by atoms with E-state index in [1.807, 2.05) is 0 Å². The Hall–Kier alpha value is -2.98. The quantitative estimate of drug-likeness (QED) is 0.602. The van der Waals surface area contributed by atoms with Gasteiger partial charge in [0, 0.05) is 0 Å². The van der Waals surface area contributed by atoms with E-state index in [4.69, 9.17) is 23.2 Å². The van der Waals surface area contributed by atoms with Gasteiger partial charge in [-0.15, -0.1) is 0 Å². The van der Waals surface area contributed by atoms with Gasteiger partial charge in [0.25, 0.3) is 5.69 Å². The lowest BCUT2D eigenvalue weighted by Crippen LogP contribution is -2.04. The van der Waals surface area contributed by atoms with Gasteiger partial charge in [-0.3, -0.25) is 30.3 Å². The average molecular weight is 373 g/mol. The van der Waals surface area contributed by atoms with Gasteiger partial charge in [0.05, 0.1) is 42.6 Å². The van der Waals surface area contributed by atoms with E-state index >= 15 is 0 Å². The molecule has 10 nitrogen and oxygen atoms in total. The first-order valence-corrected chi connectivity index (χ1v) is 6.80. The predicted molar refractivity (Wildman–Crippen MR) is 86.1 cm³/mol. The third-order valence-corrected chi connectivity index (χ3v) is 3.53. The third-order valence-electron chi connectivity index (χ3n) is 2.90. The number of hydrogen-bond acceptors (Lipinski definition) is 7. The standard InChI is InChI=1S/C12H6Cl2N4O6/c13-7-2-1-3-8(14)11(7)15-12-9(17(21)22)4-6(16(19)20)5-10(12)18(23)24/h1-5,15H. The van der Waals surface area contributed by atoms with Crippen LogP contribution in [0.5, 0.6) is 0 Å². The maximum Gasteiger partial charge on any atom is 0.306 e. The molecule has 0 heterocycles. The Bertz CT molecular complexity index is 817. The van der Waals surface area contributed by atoms with Crippen LogP contribution in [0.1, 0.15) is 0 Å². The molecule has 0 aliphatic carbocycles. The Balaban J connectivity index is 2.74. The molecule has 0 saturated heterocycles. The highest BCUT2D eigenvalue weighted by molar-refractivity contribution is 6.39. The summed E-state index contributed by atoms with van der Waals surface area (Å²) in [6.45, 7) is 0. The summed E-state index contributed by atoms with van der Waals surface area (Å²) < 4.78 is 0. The second kappa shape index (κ2) is 6.64. The van der Waals surface area contributed by atoms with Crippen LogP contribution in [0, 0.1) is 30.3 Å². The molecule has 0 fully saturated rings. The van der Waals surface area contributed by atoms with Gasteiger partial charge in [0.2, 0.25) is 0 Å². The number of rotatable bonds is 5. The molecule has 24 heavy (non-hydrogen) atoms. The Morgan fingerprint density at radius 3 is 1.62 bits per heavy atom. The van der Waals surface area contributed by atoms with Crippen LogP contribution in [-0.2, 0) is 0 Å². The number of halogens is 2. The number of nitro groups is 3. The Kier molecular flexibility index (Phi) is 4.81. The second-order valence-electron chi connectivity index (χ2n) is 4.35. The Morgan fingerprint density at radius 2 is 1.25 bits per heavy atom. The highest BCUT2D eigenvalue weighted by atomic mass is 35.5. The number of anilines is 2. The normalized spacial score (nSPS) is 10.2. The van der Waals surface area contributed by atoms with Gasteiger partial charge in [0.15, 0.2) is 5.69 Å². The molecule has 0 bridgehead atoms. The Labute approximate surface area is 143 Å². The van der Waals surface area contributed by atoms with Crippen LogP contribution in [0.3, 0.4) is 0 Å². The monoisotopic (exact) mass is 372 g/mol. The van der Waals surface area contributed by atoms with Crippen molar-refractivity contribution in [2.45, 2.75) is 0 Å². The summed E-state index contributed by atoms with van der Waals surface area (Å²) in [5, 5.41) is 35.8. The molecule has 0 aromatic heterocycles. The Morgan fingerprint density at radius 1 is 0.792 bits per heavy atom. The van der Waals surface area contributed by atoms with Gasteiger partial charge in [-0.25, -0.2) is 0 Å². The van der Waals surface area contributed by atoms with Gasteiger partial charge in [-0.1, -0.05) is 29.3 Å². The summed E-state index contributed by atoms with van der Waals surface area (Å²) in [5.74, 6) is 0. The third kappa shape index (κ3) is 3.34. The number of nitro benzene ring substituents is 3. The van der Waals surface area contributed by atoms with E-state index in [0.717, 1.165) is 0 Å². The highest BCUT2D eigenvalue weighted by Crippen LogP contribution is 2.42. The van der Waals surface area contributed by atoms with Crippen molar-refractivity contribution in [2.75, 3.05) is 5.32 Å². The lowest BCUT2D eigenvalue weighted by atomic mass is 10.2. The van der Waals surface area contributed by atoms with Crippen molar-refractivity contribution in [2.24, 2.45) is 0 Å². The SMILES string of the molecule is O=[N+]([O-])c1cc([N+](=O)[O-])c(Nc2c(Cl)cccc2Cl)c([N+](=O)[O-])c1. The van der Waals surface area contributed by atoms with Crippen LogP contribution in [0.4, 0.5) is 28.4 Å². The predicted octanol–water partition coefficient (Wildman–Crippen LogP) is 4.46. The highest BCUT2D eigenvalue weighted by Gasteiger charge is 2.31. The minimum absolute atomic E-state index is 0.000821. The molecular weight excluding hydrogens is 367 g/mol. The van der Waals surface area contributed by atoms with E-state index in [9.17, 15) is 30.3 Å². The second-order valence-corrected chi connectivity index (χ2v) is 5.17. The van der Waals surface area contributed by atoms with Crippen molar-refractivity contribution in [3.05, 3.63) is 70.7 Å². The van der Waals surface area contributed by atoms with Crippen molar-refractivity contribution in [1.29, 1.82) is 0 Å². The number of non-ortho nitro benzene ring substituents is 1. The fraction of sp³-hybridized carbons (Fsp3) is 0. The minimum atomic E-state index is -0.979. The molecular formula is C12H6Cl2N4O6. The molecule has 0 aliphatic rings. The van der Waals surface area contributed by atoms with E-state index in [1.54, 1.807) is 0 Å². The lowest BCUT2D eigenvalue weighted by Gasteiger charge is -2.11. The lowest BCUT2D eigenvalue weighted by molar-refractivity contribution is -0.401. The average Bonchev–Trinajstić information content (AvgIpc) is 2.50. The first-order chi connectivity index (χ1) is 11.2. The van der Waals surface area contributed by atoms with Crippen LogP contribution in [0.25, 0.3) is 0 Å². The number of para-hydroxylation sites is 1. The molecule has 0 spiro atoms. The number of nitrogens with one attached hydrogen (secondary N) is 1. The summed E-state index contributed by atoms with van der Waals surface area (Å²) in [5.41, 5.74) is -3.06. The van der Waals surface area contributed by atoms with Crippen LogP contribution in [0.2, 0.25) is 10.0 Å².